The van der Waals surface area contributed by atoms with Crippen molar-refractivity contribution < 1.29 is 9.90 Å². The van der Waals surface area contributed by atoms with Crippen molar-refractivity contribution in [3.05, 3.63) is 17.5 Å². The van der Waals surface area contributed by atoms with Gasteiger partial charge in [0, 0.05) is 17.9 Å². The summed E-state index contributed by atoms with van der Waals surface area (Å²) in [7, 11) is 0. The van der Waals surface area contributed by atoms with Gasteiger partial charge in [-0.3, -0.25) is 4.79 Å². The van der Waals surface area contributed by atoms with Gasteiger partial charge >= 0.3 is 5.97 Å². The fourth-order valence-electron chi connectivity index (χ4n) is 1.34. The lowest BCUT2D eigenvalue weighted by atomic mass is 9.94. The van der Waals surface area contributed by atoms with Crippen molar-refractivity contribution in [1.82, 2.24) is 9.97 Å². The smallest absolute Gasteiger partial charge is 0.310 e. The maximum absolute atomic E-state index is 11.0. The summed E-state index contributed by atoms with van der Waals surface area (Å²) in [6.07, 6.45) is 0. The first-order chi connectivity index (χ1) is 8.22. The Morgan fingerprint density at radius 1 is 1.44 bits per heavy atom. The third-order valence-corrected chi connectivity index (χ3v) is 2.73. The van der Waals surface area contributed by atoms with E-state index in [1.165, 1.54) is 0 Å². The number of carboxylic acid groups (broad SMARTS) is 1. The van der Waals surface area contributed by atoms with E-state index in [0.29, 0.717) is 18.4 Å². The minimum Gasteiger partial charge on any atom is -0.481 e. The molecular weight excluding hydrogens is 230 g/mol. The van der Waals surface area contributed by atoms with Crippen molar-refractivity contribution in [2.75, 3.05) is 11.9 Å². The number of aliphatic carboxylic acids is 1. The van der Waals surface area contributed by atoms with Crippen LogP contribution in [0.3, 0.4) is 0 Å². The molecule has 0 fully saturated rings. The van der Waals surface area contributed by atoms with Crippen molar-refractivity contribution in [1.29, 1.82) is 0 Å². The summed E-state index contributed by atoms with van der Waals surface area (Å²) in [5.74, 6) is -0.0282. The Morgan fingerprint density at radius 3 is 2.56 bits per heavy atom. The van der Waals surface area contributed by atoms with E-state index in [1.54, 1.807) is 13.8 Å². The lowest BCUT2D eigenvalue weighted by Gasteiger charge is -2.20. The summed E-state index contributed by atoms with van der Waals surface area (Å²) in [4.78, 5) is 19.6. The first-order valence-electron chi connectivity index (χ1n) is 6.05. The Hall–Kier alpha value is -1.65. The quantitative estimate of drug-likeness (QED) is 0.840. The minimum absolute atomic E-state index is 0.295. The molecule has 0 radical (unpaired) electrons. The molecule has 0 spiro atoms. The normalized spacial score (nSPS) is 11.7. The van der Waals surface area contributed by atoms with Gasteiger partial charge in [0.2, 0.25) is 5.95 Å². The molecule has 0 amide bonds. The molecule has 5 heteroatoms. The highest BCUT2D eigenvalue weighted by Crippen LogP contribution is 2.18. The number of carbonyl (C=O) groups is 1. The summed E-state index contributed by atoms with van der Waals surface area (Å²) in [6.45, 7) is 9.66. The Bertz CT molecular complexity index is 442. The van der Waals surface area contributed by atoms with Crippen molar-refractivity contribution in [3.8, 4) is 0 Å². The molecule has 100 valence electrons. The Balaban J connectivity index is 2.82. The van der Waals surface area contributed by atoms with Crippen molar-refractivity contribution in [3.63, 3.8) is 0 Å². The van der Waals surface area contributed by atoms with E-state index in [1.807, 2.05) is 13.0 Å². The van der Waals surface area contributed by atoms with Crippen molar-refractivity contribution in [2.45, 2.75) is 40.5 Å². The summed E-state index contributed by atoms with van der Waals surface area (Å²) in [6, 6.07) is 1.94. The average molecular weight is 251 g/mol. The Labute approximate surface area is 108 Å². The van der Waals surface area contributed by atoms with E-state index in [2.05, 4.69) is 29.1 Å². The molecule has 0 aliphatic rings. The van der Waals surface area contributed by atoms with Gasteiger partial charge in [-0.2, -0.15) is 0 Å². The predicted octanol–water partition coefficient (Wildman–Crippen LogP) is 2.43. The zero-order valence-corrected chi connectivity index (χ0v) is 11.6. The van der Waals surface area contributed by atoms with Gasteiger partial charge in [-0.25, -0.2) is 9.97 Å². The number of rotatable bonds is 5. The molecular formula is C13H21N3O2. The van der Waals surface area contributed by atoms with Gasteiger partial charge in [0.05, 0.1) is 5.41 Å². The summed E-state index contributed by atoms with van der Waals surface area (Å²) >= 11 is 0. The molecule has 0 unspecified atom stereocenters. The van der Waals surface area contributed by atoms with E-state index in [4.69, 9.17) is 5.11 Å². The zero-order chi connectivity index (χ0) is 13.9. The summed E-state index contributed by atoms with van der Waals surface area (Å²) in [5, 5.41) is 12.0. The molecule has 0 aliphatic carbocycles. The van der Waals surface area contributed by atoms with Crippen molar-refractivity contribution in [2.24, 2.45) is 5.41 Å². The molecule has 0 aliphatic heterocycles. The molecule has 1 aromatic rings. The van der Waals surface area contributed by atoms with Gasteiger partial charge in [0.15, 0.2) is 0 Å². The van der Waals surface area contributed by atoms with Gasteiger partial charge in [0.25, 0.3) is 0 Å². The topological polar surface area (TPSA) is 75.1 Å². The lowest BCUT2D eigenvalue weighted by molar-refractivity contribution is -0.146. The first kappa shape index (κ1) is 14.4. The third kappa shape index (κ3) is 3.68. The molecule has 0 saturated heterocycles. The zero-order valence-electron chi connectivity index (χ0n) is 11.6. The molecule has 1 aromatic heterocycles. The van der Waals surface area contributed by atoms with Crippen LogP contribution in [-0.4, -0.2) is 27.6 Å². The second-order valence-corrected chi connectivity index (χ2v) is 5.46. The van der Waals surface area contributed by atoms with Crippen LogP contribution in [0.15, 0.2) is 6.07 Å². The molecule has 0 saturated carbocycles. The number of nitrogens with one attached hydrogen (secondary N) is 1. The molecule has 1 heterocycles. The molecule has 0 bridgehead atoms. The highest BCUT2D eigenvalue weighted by molar-refractivity contribution is 5.74. The third-order valence-electron chi connectivity index (χ3n) is 2.73. The fraction of sp³-hybridized carbons (Fsp3) is 0.615. The van der Waals surface area contributed by atoms with E-state index in [0.717, 1.165) is 11.4 Å². The van der Waals surface area contributed by atoms with E-state index in [9.17, 15) is 4.79 Å². The number of hydrogen-bond donors (Lipinski definition) is 2. The monoisotopic (exact) mass is 251 g/mol. The standard InChI is InChI=1S/C13H21N3O2/c1-8(2)10-6-9(3)15-12(16-10)14-7-13(4,5)11(17)18/h6,8H,7H2,1-5H3,(H,17,18)(H,14,15,16). The summed E-state index contributed by atoms with van der Waals surface area (Å²) in [5.41, 5.74) is 0.993. The van der Waals surface area contributed by atoms with Crippen LogP contribution in [0.1, 0.15) is 45.0 Å². The van der Waals surface area contributed by atoms with Crippen LogP contribution in [0.5, 0.6) is 0 Å². The van der Waals surface area contributed by atoms with Gasteiger partial charge in [-0.15, -0.1) is 0 Å². The predicted molar refractivity (Wildman–Crippen MR) is 70.8 cm³/mol. The highest BCUT2D eigenvalue weighted by atomic mass is 16.4. The molecule has 0 atom stereocenters. The van der Waals surface area contributed by atoms with Crippen LogP contribution in [-0.2, 0) is 4.79 Å². The second-order valence-electron chi connectivity index (χ2n) is 5.46. The van der Waals surface area contributed by atoms with E-state index in [-0.39, 0.29) is 0 Å². The largest absolute Gasteiger partial charge is 0.481 e. The van der Waals surface area contributed by atoms with Crippen LogP contribution < -0.4 is 5.32 Å². The number of nitrogens with zero attached hydrogens (tertiary/aromatic N) is 2. The molecule has 2 N–H and O–H groups in total. The SMILES string of the molecule is Cc1cc(C(C)C)nc(NCC(C)(C)C(=O)O)n1. The number of hydrogen-bond acceptors (Lipinski definition) is 4. The van der Waals surface area contributed by atoms with Crippen LogP contribution >= 0.6 is 0 Å². The van der Waals surface area contributed by atoms with Gasteiger partial charge in [-0.05, 0) is 32.8 Å². The number of aromatic nitrogens is 2. The molecule has 5 nitrogen and oxygen atoms in total. The van der Waals surface area contributed by atoms with Gasteiger partial charge < -0.3 is 10.4 Å². The first-order valence-corrected chi connectivity index (χ1v) is 6.05. The van der Waals surface area contributed by atoms with Gasteiger partial charge in [0.1, 0.15) is 0 Å². The van der Waals surface area contributed by atoms with E-state index < -0.39 is 11.4 Å². The fourth-order valence-corrected chi connectivity index (χ4v) is 1.34. The maximum atomic E-state index is 11.0. The highest BCUT2D eigenvalue weighted by Gasteiger charge is 2.27. The molecule has 18 heavy (non-hydrogen) atoms. The second kappa shape index (κ2) is 5.33. The number of anilines is 1. The average Bonchev–Trinajstić information content (AvgIpc) is 2.25. The van der Waals surface area contributed by atoms with Crippen LogP contribution in [0.25, 0.3) is 0 Å². The van der Waals surface area contributed by atoms with E-state index >= 15 is 0 Å². The van der Waals surface area contributed by atoms with Crippen molar-refractivity contribution >= 4 is 11.9 Å². The van der Waals surface area contributed by atoms with Crippen LogP contribution in [0.2, 0.25) is 0 Å². The minimum atomic E-state index is -0.842. The maximum Gasteiger partial charge on any atom is 0.310 e. The Kier molecular flexibility index (Phi) is 4.27. The van der Waals surface area contributed by atoms with Gasteiger partial charge in [-0.1, -0.05) is 13.8 Å². The Morgan fingerprint density at radius 2 is 2.06 bits per heavy atom. The summed E-state index contributed by atoms with van der Waals surface area (Å²) < 4.78 is 0. The number of aryl methyl sites for hydroxylation is 1. The lowest BCUT2D eigenvalue weighted by Crippen LogP contribution is -2.32. The van der Waals surface area contributed by atoms with Crippen LogP contribution in [0, 0.1) is 12.3 Å². The molecule has 1 rings (SSSR count). The number of carboxylic acids is 1. The van der Waals surface area contributed by atoms with Crippen LogP contribution in [0.4, 0.5) is 5.95 Å². The molecule has 0 aromatic carbocycles.